The zero-order chi connectivity index (χ0) is 47.1. The average Bonchev–Trinajstić information content (AvgIpc) is 3.46. The van der Waals surface area contributed by atoms with Gasteiger partial charge in [-0.3, -0.25) is 0 Å². The third kappa shape index (κ3) is 7.71. The van der Waals surface area contributed by atoms with Gasteiger partial charge in [-0.2, -0.15) is 0 Å². The van der Waals surface area contributed by atoms with Crippen LogP contribution in [-0.2, 0) is 0 Å². The molecule has 0 unspecified atom stereocenters. The minimum Gasteiger partial charge on any atom is -0.311 e. The summed E-state index contributed by atoms with van der Waals surface area (Å²) in [5.41, 5.74) is 17.7. The Morgan fingerprint density at radius 1 is 0.183 bits per heavy atom. The average molecular weight is 902 g/mol. The van der Waals surface area contributed by atoms with Gasteiger partial charge in [-0.1, -0.05) is 237 Å². The molecule has 13 rings (SSSR count). The molecule has 0 amide bonds. The number of anilines is 3. The molecule has 0 aliphatic heterocycles. The van der Waals surface area contributed by atoms with E-state index in [4.69, 9.17) is 0 Å². The first-order valence-electron chi connectivity index (χ1n) is 24.5. The van der Waals surface area contributed by atoms with Crippen molar-refractivity contribution in [2.24, 2.45) is 0 Å². The lowest BCUT2D eigenvalue weighted by Gasteiger charge is -2.26. The number of rotatable bonds is 9. The molecule has 0 aromatic heterocycles. The third-order valence-electron chi connectivity index (χ3n) is 14.3. The topological polar surface area (TPSA) is 3.24 Å². The van der Waals surface area contributed by atoms with Crippen molar-refractivity contribution < 1.29 is 0 Å². The molecule has 0 heterocycles. The summed E-state index contributed by atoms with van der Waals surface area (Å²) < 4.78 is 0. The predicted molar refractivity (Wildman–Crippen MR) is 304 cm³/mol. The van der Waals surface area contributed by atoms with E-state index in [-0.39, 0.29) is 0 Å². The Balaban J connectivity index is 0.905. The first-order valence-corrected chi connectivity index (χ1v) is 24.5. The molecule has 0 atom stereocenters. The van der Waals surface area contributed by atoms with Crippen LogP contribution in [0.3, 0.4) is 0 Å². The van der Waals surface area contributed by atoms with Gasteiger partial charge in [0.2, 0.25) is 0 Å². The molecule has 1 heteroatoms. The van der Waals surface area contributed by atoms with Gasteiger partial charge in [0.1, 0.15) is 0 Å². The van der Waals surface area contributed by atoms with Gasteiger partial charge in [0.25, 0.3) is 0 Å². The summed E-state index contributed by atoms with van der Waals surface area (Å²) in [6.45, 7) is 0. The Kier molecular flexibility index (Phi) is 10.6. The van der Waals surface area contributed by atoms with Crippen LogP contribution < -0.4 is 4.90 Å². The highest BCUT2D eigenvalue weighted by atomic mass is 15.1. The first kappa shape index (κ1) is 41.9. The second-order valence-electron chi connectivity index (χ2n) is 18.4. The van der Waals surface area contributed by atoms with Crippen LogP contribution in [0.15, 0.2) is 285 Å². The zero-order valence-corrected chi connectivity index (χ0v) is 39.1. The second kappa shape index (κ2) is 18.0. The van der Waals surface area contributed by atoms with Crippen LogP contribution in [-0.4, -0.2) is 0 Å². The normalized spacial score (nSPS) is 11.4. The molecule has 0 N–H and O–H groups in total. The summed E-state index contributed by atoms with van der Waals surface area (Å²) in [7, 11) is 0. The lowest BCUT2D eigenvalue weighted by molar-refractivity contribution is 1.28. The molecular formula is C70H47N. The van der Waals surface area contributed by atoms with Gasteiger partial charge in [-0.15, -0.1) is 0 Å². The largest absolute Gasteiger partial charge is 0.311 e. The molecule has 13 aromatic carbocycles. The highest BCUT2D eigenvalue weighted by Gasteiger charge is 2.18. The Bertz CT molecular complexity index is 4010. The minimum absolute atomic E-state index is 1.08. The van der Waals surface area contributed by atoms with Crippen molar-refractivity contribution in [3.63, 3.8) is 0 Å². The van der Waals surface area contributed by atoms with E-state index in [9.17, 15) is 0 Å². The molecule has 0 spiro atoms. The van der Waals surface area contributed by atoms with Crippen LogP contribution in [0.1, 0.15) is 0 Å². The van der Waals surface area contributed by atoms with Gasteiger partial charge in [0.15, 0.2) is 0 Å². The smallest absolute Gasteiger partial charge is 0.0462 e. The van der Waals surface area contributed by atoms with Crippen molar-refractivity contribution in [1.29, 1.82) is 0 Å². The van der Waals surface area contributed by atoms with Crippen molar-refractivity contribution in [1.82, 2.24) is 0 Å². The number of fused-ring (bicyclic) bond motifs is 7. The van der Waals surface area contributed by atoms with E-state index in [2.05, 4.69) is 290 Å². The van der Waals surface area contributed by atoms with E-state index in [1.807, 2.05) is 0 Å². The van der Waals surface area contributed by atoms with E-state index < -0.39 is 0 Å². The molecule has 0 saturated carbocycles. The van der Waals surface area contributed by atoms with E-state index in [1.165, 1.54) is 104 Å². The van der Waals surface area contributed by atoms with Gasteiger partial charge in [-0.25, -0.2) is 0 Å². The number of benzene rings is 13. The fourth-order valence-corrected chi connectivity index (χ4v) is 10.8. The zero-order valence-electron chi connectivity index (χ0n) is 39.1. The maximum atomic E-state index is 2.38. The van der Waals surface area contributed by atoms with Crippen molar-refractivity contribution in [2.75, 3.05) is 4.90 Å². The lowest BCUT2D eigenvalue weighted by Crippen LogP contribution is -2.09. The fraction of sp³-hybridized carbons (Fsp3) is 0. The van der Waals surface area contributed by atoms with Crippen LogP contribution >= 0.6 is 0 Å². The second-order valence-corrected chi connectivity index (χ2v) is 18.4. The van der Waals surface area contributed by atoms with Gasteiger partial charge in [0, 0.05) is 17.1 Å². The van der Waals surface area contributed by atoms with Crippen molar-refractivity contribution in [3.05, 3.63) is 285 Å². The molecule has 0 saturated heterocycles. The maximum Gasteiger partial charge on any atom is 0.0462 e. The van der Waals surface area contributed by atoms with Crippen molar-refractivity contribution in [2.45, 2.75) is 0 Å². The SMILES string of the molecule is c1ccc(-c2ccc(-c3ccc(N(c4ccc(-c5ccc6c7ccccc7c7ccccc7c6c5)cc4)c4ccc(-c5ccc6ccccc6c5-c5ccccc5)cc4)cc3)cc2-c2ccccc2)cc1. The van der Waals surface area contributed by atoms with Gasteiger partial charge < -0.3 is 4.90 Å². The summed E-state index contributed by atoms with van der Waals surface area (Å²) in [6, 6.07) is 104. The summed E-state index contributed by atoms with van der Waals surface area (Å²) in [6.07, 6.45) is 0. The lowest BCUT2D eigenvalue weighted by atomic mass is 9.89. The molecule has 332 valence electrons. The monoisotopic (exact) mass is 901 g/mol. The highest BCUT2D eigenvalue weighted by Crippen LogP contribution is 2.43. The molecule has 0 aliphatic carbocycles. The summed E-state index contributed by atoms with van der Waals surface area (Å²) in [5, 5.41) is 10.2. The van der Waals surface area contributed by atoms with Gasteiger partial charge >= 0.3 is 0 Å². The third-order valence-corrected chi connectivity index (χ3v) is 14.3. The van der Waals surface area contributed by atoms with Gasteiger partial charge in [0.05, 0.1) is 0 Å². The molecule has 0 radical (unpaired) electrons. The van der Waals surface area contributed by atoms with Crippen molar-refractivity contribution >= 4 is 60.2 Å². The molecular weight excluding hydrogens is 855 g/mol. The quantitative estimate of drug-likeness (QED) is 0.131. The van der Waals surface area contributed by atoms with Crippen LogP contribution in [0.4, 0.5) is 17.1 Å². The van der Waals surface area contributed by atoms with Crippen molar-refractivity contribution in [3.8, 4) is 66.8 Å². The number of hydrogen-bond acceptors (Lipinski definition) is 1. The minimum atomic E-state index is 1.08. The van der Waals surface area contributed by atoms with E-state index in [1.54, 1.807) is 0 Å². The first-order chi connectivity index (χ1) is 35.2. The number of nitrogens with zero attached hydrogens (tertiary/aromatic N) is 1. The van der Waals surface area contributed by atoms with Gasteiger partial charge in [-0.05, 0) is 158 Å². The Labute approximate surface area is 414 Å². The predicted octanol–water partition coefficient (Wildman–Crippen LogP) is 19.8. The summed E-state index contributed by atoms with van der Waals surface area (Å²) in [4.78, 5) is 2.38. The standard InChI is InChI=1S/C70H47N/c1-4-16-50(17-5-1)60-43-35-55(46-68(60)51-18-6-2-7-19-51)48-28-37-57(38-29-48)71(59-41-32-53(33-42-59)62-44-34-52-20-10-11-23-61(52)70(62)54-21-8-3-9-22-54)58-39-30-49(31-40-58)56-36-45-67-65-26-13-12-24-63(65)64-25-14-15-27-66(64)69(67)47-56/h1-47H. The molecule has 0 aliphatic rings. The molecule has 0 bridgehead atoms. The van der Waals surface area contributed by atoms with Crippen LogP contribution in [0.2, 0.25) is 0 Å². The molecule has 0 fully saturated rings. The maximum absolute atomic E-state index is 2.38. The van der Waals surface area contributed by atoms with E-state index in [0.29, 0.717) is 0 Å². The Hall–Kier alpha value is -9.30. The Morgan fingerprint density at radius 2 is 0.549 bits per heavy atom. The Morgan fingerprint density at radius 3 is 1.10 bits per heavy atom. The van der Waals surface area contributed by atoms with Crippen LogP contribution in [0.25, 0.3) is 110 Å². The summed E-state index contributed by atoms with van der Waals surface area (Å²) >= 11 is 0. The molecule has 1 nitrogen and oxygen atoms in total. The van der Waals surface area contributed by atoms with E-state index in [0.717, 1.165) is 22.6 Å². The summed E-state index contributed by atoms with van der Waals surface area (Å²) in [5.74, 6) is 0. The number of hydrogen-bond donors (Lipinski definition) is 0. The molecule has 13 aromatic rings. The molecule has 71 heavy (non-hydrogen) atoms. The van der Waals surface area contributed by atoms with Crippen LogP contribution in [0, 0.1) is 0 Å². The van der Waals surface area contributed by atoms with E-state index >= 15 is 0 Å². The fourth-order valence-electron chi connectivity index (χ4n) is 10.8. The van der Waals surface area contributed by atoms with Crippen LogP contribution in [0.5, 0.6) is 0 Å². The highest BCUT2D eigenvalue weighted by molar-refractivity contribution is 6.25.